The predicted octanol–water partition coefficient (Wildman–Crippen LogP) is 6.12. The third-order valence-corrected chi connectivity index (χ3v) is 6.42. The third kappa shape index (κ3) is 5.80. The van der Waals surface area contributed by atoms with E-state index in [0.29, 0.717) is 41.2 Å². The number of aryl methyl sites for hydroxylation is 1. The molecular formula is C28H26F3N7O. The molecule has 8 nitrogen and oxygen atoms in total. The molecule has 0 aliphatic carbocycles. The Labute approximate surface area is 223 Å². The number of aromatic nitrogens is 5. The summed E-state index contributed by atoms with van der Waals surface area (Å²) in [6.45, 7) is 5.31. The second-order valence-corrected chi connectivity index (χ2v) is 8.90. The topological polar surface area (TPSA) is 123 Å². The number of alkyl halides is 2. The lowest BCUT2D eigenvalue weighted by Crippen LogP contribution is -2.25. The monoisotopic (exact) mass is 533 g/mol. The van der Waals surface area contributed by atoms with Crippen molar-refractivity contribution in [3.05, 3.63) is 77.4 Å². The number of anilines is 1. The standard InChI is InChI=1S/C28H26F3N7O/c1-4-28(5-2,15-32)26-34-11-10-20(36-26)14-39-25-22(18-12-16(3)35-21(13-18)24(30)31)23(37-27(33)38-25)17-6-8-19(29)9-7-17/h6-13,24H,4-5,14H2,1-3H3,(H2,33,37,38). The molecule has 0 bridgehead atoms. The molecule has 4 aromatic rings. The molecule has 3 aromatic heterocycles. The number of pyridine rings is 1. The molecule has 0 fully saturated rings. The summed E-state index contributed by atoms with van der Waals surface area (Å²) in [4.78, 5) is 21.4. The van der Waals surface area contributed by atoms with Crippen molar-refractivity contribution in [1.82, 2.24) is 24.9 Å². The number of hydrogen-bond acceptors (Lipinski definition) is 8. The van der Waals surface area contributed by atoms with Crippen molar-refractivity contribution >= 4 is 5.95 Å². The second kappa shape index (κ2) is 11.4. The quantitative estimate of drug-likeness (QED) is 0.273. The molecule has 0 saturated carbocycles. The van der Waals surface area contributed by atoms with E-state index in [0.717, 1.165) is 0 Å². The maximum Gasteiger partial charge on any atom is 0.280 e. The molecule has 0 aliphatic heterocycles. The lowest BCUT2D eigenvalue weighted by atomic mass is 9.83. The first-order chi connectivity index (χ1) is 18.7. The molecule has 0 aliphatic rings. The van der Waals surface area contributed by atoms with Crippen LogP contribution in [0.4, 0.5) is 19.1 Å². The van der Waals surface area contributed by atoms with E-state index in [4.69, 9.17) is 10.5 Å². The van der Waals surface area contributed by atoms with Crippen LogP contribution in [0.2, 0.25) is 0 Å². The van der Waals surface area contributed by atoms with E-state index in [1.54, 1.807) is 25.3 Å². The van der Waals surface area contributed by atoms with Crippen LogP contribution in [0.1, 0.15) is 56.0 Å². The number of rotatable bonds is 9. The second-order valence-electron chi connectivity index (χ2n) is 8.90. The number of nitrogens with two attached hydrogens (primary N) is 1. The van der Waals surface area contributed by atoms with E-state index >= 15 is 0 Å². The van der Waals surface area contributed by atoms with Gasteiger partial charge in [-0.1, -0.05) is 13.8 Å². The van der Waals surface area contributed by atoms with Crippen LogP contribution in [0.15, 0.2) is 48.7 Å². The van der Waals surface area contributed by atoms with Gasteiger partial charge in [0, 0.05) is 17.5 Å². The number of benzene rings is 1. The summed E-state index contributed by atoms with van der Waals surface area (Å²) in [5.74, 6) is -0.176. The van der Waals surface area contributed by atoms with Crippen LogP contribution in [0.5, 0.6) is 5.88 Å². The summed E-state index contributed by atoms with van der Waals surface area (Å²) in [5, 5.41) is 9.79. The summed E-state index contributed by atoms with van der Waals surface area (Å²) in [5.41, 5.74) is 6.94. The molecule has 3 heterocycles. The van der Waals surface area contributed by atoms with E-state index in [2.05, 4.69) is 31.0 Å². The molecule has 0 atom stereocenters. The van der Waals surface area contributed by atoms with Gasteiger partial charge in [-0.15, -0.1) is 0 Å². The van der Waals surface area contributed by atoms with Crippen LogP contribution < -0.4 is 10.5 Å². The van der Waals surface area contributed by atoms with Crippen LogP contribution in [0.3, 0.4) is 0 Å². The van der Waals surface area contributed by atoms with Crippen molar-refractivity contribution in [3.63, 3.8) is 0 Å². The normalized spacial score (nSPS) is 11.4. The maximum absolute atomic E-state index is 13.7. The zero-order valence-corrected chi connectivity index (χ0v) is 21.6. The summed E-state index contributed by atoms with van der Waals surface area (Å²) >= 11 is 0. The average molecular weight is 534 g/mol. The molecule has 0 saturated heterocycles. The minimum absolute atomic E-state index is 0.0188. The van der Waals surface area contributed by atoms with Crippen molar-refractivity contribution in [2.45, 2.75) is 52.1 Å². The minimum Gasteiger partial charge on any atom is -0.471 e. The first-order valence-electron chi connectivity index (χ1n) is 12.3. The SMILES string of the molecule is CCC(C#N)(CC)c1nccc(COc2nc(N)nc(-c3ccc(F)cc3)c2-c2cc(C)nc(C(F)F)c2)n1. The van der Waals surface area contributed by atoms with Gasteiger partial charge in [-0.2, -0.15) is 10.2 Å². The van der Waals surface area contributed by atoms with Crippen molar-refractivity contribution in [1.29, 1.82) is 5.26 Å². The minimum atomic E-state index is -2.81. The Bertz CT molecular complexity index is 1520. The number of halogens is 3. The number of hydrogen-bond donors (Lipinski definition) is 1. The van der Waals surface area contributed by atoms with Gasteiger partial charge in [-0.25, -0.2) is 28.1 Å². The van der Waals surface area contributed by atoms with Gasteiger partial charge in [0.05, 0.1) is 23.0 Å². The zero-order valence-electron chi connectivity index (χ0n) is 21.6. The number of ether oxygens (including phenoxy) is 1. The molecule has 1 aromatic carbocycles. The van der Waals surface area contributed by atoms with E-state index in [-0.39, 0.29) is 29.7 Å². The summed E-state index contributed by atoms with van der Waals surface area (Å²) in [6.07, 6.45) is -0.190. The van der Waals surface area contributed by atoms with Crippen LogP contribution in [0.25, 0.3) is 22.4 Å². The highest BCUT2D eigenvalue weighted by atomic mass is 19.3. The largest absolute Gasteiger partial charge is 0.471 e. The first kappa shape index (κ1) is 27.4. The predicted molar refractivity (Wildman–Crippen MR) is 139 cm³/mol. The highest BCUT2D eigenvalue weighted by Gasteiger charge is 2.32. The zero-order chi connectivity index (χ0) is 28.2. The average Bonchev–Trinajstić information content (AvgIpc) is 2.93. The molecule has 0 amide bonds. The third-order valence-electron chi connectivity index (χ3n) is 6.42. The van der Waals surface area contributed by atoms with E-state index in [9.17, 15) is 18.4 Å². The Morgan fingerprint density at radius 1 is 1.00 bits per heavy atom. The first-order valence-corrected chi connectivity index (χ1v) is 12.3. The van der Waals surface area contributed by atoms with Crippen LogP contribution in [0, 0.1) is 24.1 Å². The fraction of sp³-hybridized carbons (Fsp3) is 0.286. The van der Waals surface area contributed by atoms with E-state index in [1.165, 1.54) is 30.3 Å². The van der Waals surface area contributed by atoms with Gasteiger partial charge in [0.25, 0.3) is 6.43 Å². The number of nitriles is 1. The molecule has 11 heteroatoms. The molecule has 0 unspecified atom stereocenters. The molecule has 2 N–H and O–H groups in total. The summed E-state index contributed by atoms with van der Waals surface area (Å²) in [7, 11) is 0. The molecular weight excluding hydrogens is 507 g/mol. The fourth-order valence-electron chi connectivity index (χ4n) is 4.21. The lowest BCUT2D eigenvalue weighted by Gasteiger charge is -2.21. The Balaban J connectivity index is 1.83. The van der Waals surface area contributed by atoms with Crippen molar-refractivity contribution in [3.8, 4) is 34.3 Å². The van der Waals surface area contributed by atoms with Crippen LogP contribution >= 0.6 is 0 Å². The summed E-state index contributed by atoms with van der Waals surface area (Å²) in [6, 6.07) is 12.3. The highest BCUT2D eigenvalue weighted by molar-refractivity contribution is 5.85. The Kier molecular flexibility index (Phi) is 8.04. The van der Waals surface area contributed by atoms with Gasteiger partial charge >= 0.3 is 0 Å². The van der Waals surface area contributed by atoms with Gasteiger partial charge < -0.3 is 10.5 Å². The van der Waals surface area contributed by atoms with E-state index < -0.39 is 23.4 Å². The van der Waals surface area contributed by atoms with Crippen molar-refractivity contribution < 1.29 is 17.9 Å². The highest BCUT2D eigenvalue weighted by Crippen LogP contribution is 2.39. The van der Waals surface area contributed by atoms with Crippen molar-refractivity contribution in [2.24, 2.45) is 0 Å². The Hall–Kier alpha value is -4.59. The molecule has 0 radical (unpaired) electrons. The van der Waals surface area contributed by atoms with Gasteiger partial charge in [0.2, 0.25) is 11.8 Å². The lowest BCUT2D eigenvalue weighted by molar-refractivity contribution is 0.146. The van der Waals surface area contributed by atoms with Crippen LogP contribution in [-0.4, -0.2) is 24.9 Å². The molecule has 4 rings (SSSR count). The summed E-state index contributed by atoms with van der Waals surface area (Å²) < 4.78 is 47.0. The fourth-order valence-corrected chi connectivity index (χ4v) is 4.21. The van der Waals surface area contributed by atoms with Gasteiger partial charge in [-0.05, 0) is 67.8 Å². The molecule has 0 spiro atoms. The van der Waals surface area contributed by atoms with Crippen molar-refractivity contribution in [2.75, 3.05) is 5.73 Å². The van der Waals surface area contributed by atoms with Gasteiger partial charge in [0.15, 0.2) is 0 Å². The van der Waals surface area contributed by atoms with Crippen LogP contribution in [-0.2, 0) is 12.0 Å². The van der Waals surface area contributed by atoms with E-state index in [1.807, 2.05) is 13.8 Å². The Morgan fingerprint density at radius 3 is 2.36 bits per heavy atom. The number of nitrogen functional groups attached to an aromatic ring is 1. The molecule has 200 valence electrons. The van der Waals surface area contributed by atoms with Gasteiger partial charge in [-0.3, -0.25) is 4.98 Å². The maximum atomic E-state index is 13.7. The van der Waals surface area contributed by atoms with Gasteiger partial charge in [0.1, 0.15) is 29.4 Å². The molecule has 39 heavy (non-hydrogen) atoms. The Morgan fingerprint density at radius 2 is 1.72 bits per heavy atom. The smallest absolute Gasteiger partial charge is 0.280 e. The number of nitrogens with zero attached hydrogens (tertiary/aromatic N) is 6.